The number of hydrogen-bond donors (Lipinski definition) is 0. The molecule has 0 amide bonds. The van der Waals surface area contributed by atoms with Crippen LogP contribution in [0.15, 0.2) is 71.0 Å². The lowest BCUT2D eigenvalue weighted by atomic mass is 10.1. The second kappa shape index (κ2) is 9.76. The number of ether oxygens (including phenoxy) is 1. The monoisotopic (exact) mass is 457 g/mol. The molecule has 7 nitrogen and oxygen atoms in total. The smallest absolute Gasteiger partial charge is 0.277 e. The van der Waals surface area contributed by atoms with Crippen LogP contribution in [0, 0.1) is 18.3 Å². The first-order chi connectivity index (χ1) is 15.9. The molecule has 0 spiro atoms. The van der Waals surface area contributed by atoms with Crippen molar-refractivity contribution in [1.82, 2.24) is 19.3 Å². The van der Waals surface area contributed by atoms with Crippen LogP contribution in [0.5, 0.6) is 11.5 Å². The van der Waals surface area contributed by atoms with Crippen LogP contribution in [0.25, 0.3) is 0 Å². The standard InChI is InChI=1S/C25H23N5O2S/c1-17-5-4-6-22(9-17)32-23-8-7-18(10-20(23)12-26)16-33-25-28-24(31)21(15-29(25)2)11-19-13-27-30(3)14-19/h4-10,13-15H,11,16H2,1-3H3. The summed E-state index contributed by atoms with van der Waals surface area (Å²) in [7, 11) is 3.72. The van der Waals surface area contributed by atoms with Crippen molar-refractivity contribution in [3.63, 3.8) is 0 Å². The van der Waals surface area contributed by atoms with Crippen LogP contribution in [0.1, 0.15) is 27.8 Å². The lowest BCUT2D eigenvalue weighted by Gasteiger charge is -2.11. The van der Waals surface area contributed by atoms with Gasteiger partial charge in [0.05, 0.1) is 11.8 Å². The van der Waals surface area contributed by atoms with Gasteiger partial charge >= 0.3 is 0 Å². The average Bonchev–Trinajstić information content (AvgIpc) is 3.20. The van der Waals surface area contributed by atoms with E-state index in [0.717, 1.165) is 16.7 Å². The molecular weight excluding hydrogens is 434 g/mol. The van der Waals surface area contributed by atoms with Crippen molar-refractivity contribution in [2.75, 3.05) is 0 Å². The van der Waals surface area contributed by atoms with E-state index in [1.807, 2.05) is 74.4 Å². The van der Waals surface area contributed by atoms with Crippen molar-refractivity contribution in [2.24, 2.45) is 14.1 Å². The number of rotatable bonds is 7. The Kier molecular flexibility index (Phi) is 6.61. The Bertz CT molecular complexity index is 1400. The van der Waals surface area contributed by atoms with Gasteiger partial charge in [0.25, 0.3) is 5.56 Å². The predicted octanol–water partition coefficient (Wildman–Crippen LogP) is 4.37. The number of nitriles is 1. The topological polar surface area (TPSA) is 85.7 Å². The minimum atomic E-state index is -0.237. The van der Waals surface area contributed by atoms with Gasteiger partial charge in [-0.3, -0.25) is 9.48 Å². The van der Waals surface area contributed by atoms with Crippen LogP contribution in [-0.2, 0) is 26.3 Å². The summed E-state index contributed by atoms with van der Waals surface area (Å²) in [5.41, 5.74) is 3.85. The Hall–Kier alpha value is -3.83. The highest BCUT2D eigenvalue weighted by molar-refractivity contribution is 7.98. The molecule has 166 valence electrons. The van der Waals surface area contributed by atoms with E-state index in [1.165, 1.54) is 11.8 Å². The molecule has 0 saturated carbocycles. The van der Waals surface area contributed by atoms with Gasteiger partial charge in [-0.25, -0.2) is 0 Å². The molecule has 0 saturated heterocycles. The Morgan fingerprint density at radius 3 is 2.70 bits per heavy atom. The molecule has 0 atom stereocenters. The third kappa shape index (κ3) is 5.51. The van der Waals surface area contributed by atoms with Gasteiger partial charge in [0.15, 0.2) is 5.16 Å². The van der Waals surface area contributed by atoms with Crippen LogP contribution < -0.4 is 10.3 Å². The third-order valence-corrected chi connectivity index (χ3v) is 6.14. The number of aryl methyl sites for hydroxylation is 3. The Balaban J connectivity index is 1.47. The zero-order chi connectivity index (χ0) is 23.4. The molecule has 0 aliphatic rings. The summed E-state index contributed by atoms with van der Waals surface area (Å²) in [6.45, 7) is 1.99. The van der Waals surface area contributed by atoms with Crippen LogP contribution in [0.3, 0.4) is 0 Å². The van der Waals surface area contributed by atoms with E-state index in [4.69, 9.17) is 4.74 Å². The molecular formula is C25H23N5O2S. The molecule has 8 heteroatoms. The predicted molar refractivity (Wildman–Crippen MR) is 127 cm³/mol. The van der Waals surface area contributed by atoms with Gasteiger partial charge in [-0.1, -0.05) is 30.0 Å². The number of aromatic nitrogens is 4. The summed E-state index contributed by atoms with van der Waals surface area (Å²) in [5.74, 6) is 1.78. The molecule has 0 unspecified atom stereocenters. The fraction of sp³-hybridized carbons (Fsp3) is 0.200. The molecule has 0 aliphatic heterocycles. The lowest BCUT2D eigenvalue weighted by molar-refractivity contribution is 0.480. The maximum absolute atomic E-state index is 12.5. The normalized spacial score (nSPS) is 10.7. The summed E-state index contributed by atoms with van der Waals surface area (Å²) >= 11 is 1.45. The third-order valence-electron chi connectivity index (χ3n) is 5.03. The van der Waals surface area contributed by atoms with E-state index in [0.29, 0.717) is 40.0 Å². The summed E-state index contributed by atoms with van der Waals surface area (Å²) < 4.78 is 9.48. The summed E-state index contributed by atoms with van der Waals surface area (Å²) in [4.78, 5) is 16.8. The Morgan fingerprint density at radius 2 is 1.97 bits per heavy atom. The van der Waals surface area contributed by atoms with Crippen molar-refractivity contribution >= 4 is 11.8 Å². The molecule has 2 aromatic carbocycles. The van der Waals surface area contributed by atoms with Gasteiger partial charge in [0, 0.05) is 44.2 Å². The first kappa shape index (κ1) is 22.4. The average molecular weight is 458 g/mol. The molecule has 33 heavy (non-hydrogen) atoms. The fourth-order valence-corrected chi connectivity index (χ4v) is 4.30. The van der Waals surface area contributed by atoms with Gasteiger partial charge in [-0.2, -0.15) is 15.3 Å². The van der Waals surface area contributed by atoms with E-state index in [1.54, 1.807) is 16.9 Å². The molecule has 0 aliphatic carbocycles. The van der Waals surface area contributed by atoms with Crippen molar-refractivity contribution in [3.8, 4) is 17.6 Å². The van der Waals surface area contributed by atoms with Gasteiger partial charge in [-0.05, 0) is 47.9 Å². The molecule has 0 radical (unpaired) electrons. The first-order valence-corrected chi connectivity index (χ1v) is 11.3. The Morgan fingerprint density at radius 1 is 1.12 bits per heavy atom. The minimum Gasteiger partial charge on any atom is -0.456 e. The number of benzene rings is 2. The van der Waals surface area contributed by atoms with Gasteiger partial charge in [0.1, 0.15) is 17.6 Å². The number of hydrogen-bond acceptors (Lipinski definition) is 6. The van der Waals surface area contributed by atoms with Gasteiger partial charge in [-0.15, -0.1) is 0 Å². The van der Waals surface area contributed by atoms with Crippen LogP contribution in [-0.4, -0.2) is 19.3 Å². The zero-order valence-electron chi connectivity index (χ0n) is 18.6. The molecule has 2 heterocycles. The van der Waals surface area contributed by atoms with E-state index < -0.39 is 0 Å². The summed E-state index contributed by atoms with van der Waals surface area (Å²) in [5, 5.41) is 14.4. The van der Waals surface area contributed by atoms with Crippen molar-refractivity contribution < 1.29 is 4.74 Å². The maximum atomic E-state index is 12.5. The fourth-order valence-electron chi connectivity index (χ4n) is 3.42. The van der Waals surface area contributed by atoms with E-state index in [2.05, 4.69) is 16.2 Å². The largest absolute Gasteiger partial charge is 0.456 e. The first-order valence-electron chi connectivity index (χ1n) is 10.4. The Labute approximate surface area is 196 Å². The SMILES string of the molecule is Cc1cccc(Oc2ccc(CSc3nc(=O)c(Cc4cnn(C)c4)cn3C)cc2C#N)c1. The van der Waals surface area contributed by atoms with E-state index in [-0.39, 0.29) is 5.56 Å². The molecule has 0 fully saturated rings. The highest BCUT2D eigenvalue weighted by Gasteiger charge is 2.11. The highest BCUT2D eigenvalue weighted by Crippen LogP contribution is 2.28. The van der Waals surface area contributed by atoms with Gasteiger partial charge < -0.3 is 9.30 Å². The van der Waals surface area contributed by atoms with Crippen LogP contribution in [0.4, 0.5) is 0 Å². The van der Waals surface area contributed by atoms with Crippen LogP contribution in [0.2, 0.25) is 0 Å². The summed E-state index contributed by atoms with van der Waals surface area (Å²) in [6.07, 6.45) is 5.96. The van der Waals surface area contributed by atoms with Gasteiger partial charge in [0.2, 0.25) is 0 Å². The van der Waals surface area contributed by atoms with Crippen molar-refractivity contribution in [3.05, 3.63) is 99.2 Å². The zero-order valence-corrected chi connectivity index (χ0v) is 19.5. The lowest BCUT2D eigenvalue weighted by Crippen LogP contribution is -2.18. The quantitative estimate of drug-likeness (QED) is 0.303. The minimum absolute atomic E-state index is 0.237. The maximum Gasteiger partial charge on any atom is 0.277 e. The molecule has 4 aromatic rings. The van der Waals surface area contributed by atoms with E-state index >= 15 is 0 Å². The number of nitrogens with zero attached hydrogens (tertiary/aromatic N) is 5. The second-order valence-electron chi connectivity index (χ2n) is 7.81. The van der Waals surface area contributed by atoms with Crippen LogP contribution >= 0.6 is 11.8 Å². The molecule has 4 rings (SSSR count). The second-order valence-corrected chi connectivity index (χ2v) is 8.76. The number of thioether (sulfide) groups is 1. The molecule has 0 N–H and O–H groups in total. The molecule has 2 aromatic heterocycles. The molecule has 0 bridgehead atoms. The summed E-state index contributed by atoms with van der Waals surface area (Å²) in [6, 6.07) is 15.5. The van der Waals surface area contributed by atoms with E-state index in [9.17, 15) is 10.1 Å². The van der Waals surface area contributed by atoms with Crippen molar-refractivity contribution in [1.29, 1.82) is 5.26 Å². The highest BCUT2D eigenvalue weighted by atomic mass is 32.2. The van der Waals surface area contributed by atoms with Crippen molar-refractivity contribution in [2.45, 2.75) is 24.3 Å².